The van der Waals surface area contributed by atoms with E-state index in [9.17, 15) is 0 Å². The van der Waals surface area contributed by atoms with Crippen LogP contribution < -0.4 is 0 Å². The SMILES string of the molecule is c1ccc(-n2c3ccccc3c3c4c5cnccc5n5c6ccccc6nc5c4c4c5ccccc5n(-c5ccccc5)c4c32)cc1. The Morgan fingerprint density at radius 1 is 0.404 bits per heavy atom. The summed E-state index contributed by atoms with van der Waals surface area (Å²) < 4.78 is 7.25. The lowest BCUT2D eigenvalue weighted by Gasteiger charge is -2.15. The number of nitrogens with zero attached hydrogens (tertiary/aromatic N) is 5. The Kier molecular flexibility index (Phi) is 4.78. The van der Waals surface area contributed by atoms with Gasteiger partial charge in [-0.3, -0.25) is 9.38 Å². The van der Waals surface area contributed by atoms with Crippen LogP contribution in [0, 0.1) is 0 Å². The highest BCUT2D eigenvalue weighted by atomic mass is 15.1. The molecule has 47 heavy (non-hydrogen) atoms. The van der Waals surface area contributed by atoms with Gasteiger partial charge in [-0.25, -0.2) is 4.98 Å². The second-order valence-electron chi connectivity index (χ2n) is 12.2. The summed E-state index contributed by atoms with van der Waals surface area (Å²) in [6, 6.07) is 49.7. The summed E-state index contributed by atoms with van der Waals surface area (Å²) in [4.78, 5) is 10.1. The molecular formula is C42H25N5. The molecule has 5 heterocycles. The Bertz CT molecular complexity index is 3060. The molecule has 0 saturated heterocycles. The lowest BCUT2D eigenvalue weighted by atomic mass is 9.96. The van der Waals surface area contributed by atoms with Crippen LogP contribution >= 0.6 is 0 Å². The van der Waals surface area contributed by atoms with E-state index in [1.165, 1.54) is 32.4 Å². The standard InChI is InChI=1S/C42H25N5/c1-3-13-26(14-4-1)45-32-20-10-7-17-28(32)37-36-30-25-43-24-23-34(30)47-35-22-12-9-19-31(35)44-42(47)39(36)38-29-18-8-11-21-33(29)46(41(38)40(37)45)27-15-5-2-6-16-27/h1-25H. The van der Waals surface area contributed by atoms with Crippen molar-refractivity contribution < 1.29 is 0 Å². The summed E-state index contributed by atoms with van der Waals surface area (Å²) in [5.74, 6) is 0. The number of para-hydroxylation sites is 6. The van der Waals surface area contributed by atoms with E-state index in [0.29, 0.717) is 0 Å². The van der Waals surface area contributed by atoms with E-state index in [-0.39, 0.29) is 0 Å². The van der Waals surface area contributed by atoms with Gasteiger partial charge < -0.3 is 9.13 Å². The van der Waals surface area contributed by atoms with Crippen molar-refractivity contribution in [2.24, 2.45) is 0 Å². The average molecular weight is 600 g/mol. The molecule has 0 fully saturated rings. The smallest absolute Gasteiger partial charge is 0.147 e. The van der Waals surface area contributed by atoms with E-state index in [1.807, 2.05) is 12.4 Å². The second kappa shape index (κ2) is 9.05. The van der Waals surface area contributed by atoms with Crippen molar-refractivity contribution in [3.05, 3.63) is 152 Å². The maximum absolute atomic E-state index is 5.41. The van der Waals surface area contributed by atoms with Gasteiger partial charge in [-0.1, -0.05) is 84.9 Å². The first-order valence-electron chi connectivity index (χ1n) is 15.9. The number of aromatic nitrogens is 5. The minimum Gasteiger partial charge on any atom is -0.307 e. The van der Waals surface area contributed by atoms with Crippen molar-refractivity contribution >= 4 is 82.0 Å². The molecule has 0 aliphatic rings. The van der Waals surface area contributed by atoms with Crippen molar-refractivity contribution in [3.63, 3.8) is 0 Å². The molecule has 0 N–H and O–H groups in total. The van der Waals surface area contributed by atoms with Crippen LogP contribution in [0.2, 0.25) is 0 Å². The third-order valence-electron chi connectivity index (χ3n) is 9.85. The number of imidazole rings is 1. The van der Waals surface area contributed by atoms with Crippen LogP contribution in [0.5, 0.6) is 0 Å². The minimum absolute atomic E-state index is 0.958. The van der Waals surface area contributed by atoms with Gasteiger partial charge in [0.25, 0.3) is 0 Å². The molecule has 0 radical (unpaired) electrons. The van der Waals surface area contributed by atoms with E-state index in [4.69, 9.17) is 9.97 Å². The van der Waals surface area contributed by atoms with Crippen LogP contribution in [0.1, 0.15) is 0 Å². The van der Waals surface area contributed by atoms with Gasteiger partial charge in [-0.05, 0) is 54.6 Å². The Hall–Kier alpha value is -6.46. The number of hydrogen-bond donors (Lipinski definition) is 0. The first-order chi connectivity index (χ1) is 23.4. The molecular weight excluding hydrogens is 574 g/mol. The largest absolute Gasteiger partial charge is 0.307 e. The van der Waals surface area contributed by atoms with E-state index in [2.05, 4.69) is 153 Å². The molecule has 5 aromatic heterocycles. The number of fused-ring (bicyclic) bond motifs is 17. The number of rotatable bonds is 2. The molecule has 0 aliphatic carbocycles. The number of benzene rings is 6. The molecule has 11 aromatic rings. The summed E-state index contributed by atoms with van der Waals surface area (Å²) in [5, 5.41) is 8.23. The van der Waals surface area contributed by atoms with Gasteiger partial charge in [-0.2, -0.15) is 0 Å². The minimum atomic E-state index is 0.958. The van der Waals surface area contributed by atoms with Crippen molar-refractivity contribution in [2.75, 3.05) is 0 Å². The van der Waals surface area contributed by atoms with Crippen molar-refractivity contribution in [1.29, 1.82) is 0 Å². The lowest BCUT2D eigenvalue weighted by molar-refractivity contribution is 1.15. The molecule has 0 bridgehead atoms. The molecule has 5 nitrogen and oxygen atoms in total. The fourth-order valence-electron chi connectivity index (χ4n) is 8.08. The topological polar surface area (TPSA) is 40.1 Å². The molecule has 0 spiro atoms. The zero-order valence-corrected chi connectivity index (χ0v) is 25.2. The number of hydrogen-bond acceptors (Lipinski definition) is 2. The normalized spacial score (nSPS) is 12.3. The second-order valence-corrected chi connectivity index (χ2v) is 12.2. The molecule has 0 aliphatic heterocycles. The first-order valence-corrected chi connectivity index (χ1v) is 15.9. The van der Waals surface area contributed by atoms with Crippen molar-refractivity contribution in [1.82, 2.24) is 23.5 Å². The highest BCUT2D eigenvalue weighted by molar-refractivity contribution is 6.42. The zero-order chi connectivity index (χ0) is 30.6. The quantitative estimate of drug-likeness (QED) is 0.186. The summed E-state index contributed by atoms with van der Waals surface area (Å²) >= 11 is 0. The van der Waals surface area contributed by atoms with Crippen LogP contribution in [0.25, 0.3) is 93.3 Å². The van der Waals surface area contributed by atoms with Crippen LogP contribution in [0.4, 0.5) is 0 Å². The van der Waals surface area contributed by atoms with E-state index >= 15 is 0 Å². The molecule has 6 aromatic carbocycles. The molecule has 11 rings (SSSR count). The van der Waals surface area contributed by atoms with Gasteiger partial charge in [0, 0.05) is 61.5 Å². The maximum Gasteiger partial charge on any atom is 0.147 e. The predicted molar refractivity (Wildman–Crippen MR) is 194 cm³/mol. The highest BCUT2D eigenvalue weighted by Crippen LogP contribution is 2.49. The van der Waals surface area contributed by atoms with Gasteiger partial charge in [0.1, 0.15) is 5.65 Å². The van der Waals surface area contributed by atoms with Gasteiger partial charge in [-0.15, -0.1) is 0 Å². The van der Waals surface area contributed by atoms with Crippen molar-refractivity contribution in [2.45, 2.75) is 0 Å². The van der Waals surface area contributed by atoms with E-state index < -0.39 is 0 Å². The Morgan fingerprint density at radius 3 is 1.57 bits per heavy atom. The van der Waals surface area contributed by atoms with Crippen LogP contribution in [-0.2, 0) is 0 Å². The molecule has 0 unspecified atom stereocenters. The van der Waals surface area contributed by atoms with Gasteiger partial charge in [0.2, 0.25) is 0 Å². The average Bonchev–Trinajstić information content (AvgIpc) is 3.81. The fourth-order valence-corrected chi connectivity index (χ4v) is 8.08. The van der Waals surface area contributed by atoms with Crippen LogP contribution in [0.3, 0.4) is 0 Å². The third-order valence-corrected chi connectivity index (χ3v) is 9.85. The first kappa shape index (κ1) is 24.8. The Morgan fingerprint density at radius 2 is 0.936 bits per heavy atom. The van der Waals surface area contributed by atoms with Gasteiger partial charge >= 0.3 is 0 Å². The highest BCUT2D eigenvalue weighted by Gasteiger charge is 2.28. The molecule has 0 amide bonds. The predicted octanol–water partition coefficient (Wildman–Crippen LogP) is 10.4. The van der Waals surface area contributed by atoms with E-state index in [1.54, 1.807) is 0 Å². The fraction of sp³-hybridized carbons (Fsp3) is 0. The summed E-state index contributed by atoms with van der Waals surface area (Å²) in [6.07, 6.45) is 3.94. The summed E-state index contributed by atoms with van der Waals surface area (Å²) in [7, 11) is 0. The van der Waals surface area contributed by atoms with Crippen LogP contribution in [-0.4, -0.2) is 23.5 Å². The third kappa shape index (κ3) is 3.12. The summed E-state index contributed by atoms with van der Waals surface area (Å²) in [5.41, 5.74) is 11.0. The molecule has 218 valence electrons. The maximum atomic E-state index is 5.41. The van der Waals surface area contributed by atoms with Gasteiger partial charge in [0.05, 0.1) is 38.6 Å². The number of pyridine rings is 2. The Labute approximate surface area is 268 Å². The lowest BCUT2D eigenvalue weighted by Crippen LogP contribution is -2.00. The monoisotopic (exact) mass is 599 g/mol. The molecule has 0 atom stereocenters. The molecule has 5 heteroatoms. The zero-order valence-electron chi connectivity index (χ0n) is 25.2. The molecule has 0 saturated carbocycles. The summed E-state index contributed by atoms with van der Waals surface area (Å²) in [6.45, 7) is 0. The van der Waals surface area contributed by atoms with Crippen LogP contribution in [0.15, 0.2) is 152 Å². The van der Waals surface area contributed by atoms with Gasteiger partial charge in [0.15, 0.2) is 0 Å². The Balaban J connectivity index is 1.59. The van der Waals surface area contributed by atoms with Crippen molar-refractivity contribution in [3.8, 4) is 11.4 Å². The van der Waals surface area contributed by atoms with E-state index in [0.717, 1.165) is 60.9 Å².